The van der Waals surface area contributed by atoms with Crippen molar-refractivity contribution in [2.45, 2.75) is 52.6 Å². The van der Waals surface area contributed by atoms with E-state index >= 15 is 0 Å². The minimum atomic E-state index is 0.456. The van der Waals surface area contributed by atoms with Crippen LogP contribution in [0.25, 0.3) is 0 Å². The Balaban J connectivity index is 3.04. The highest BCUT2D eigenvalue weighted by atomic mass is 15.1. The number of benzene rings is 1. The zero-order valence-corrected chi connectivity index (χ0v) is 12.5. The highest BCUT2D eigenvalue weighted by Crippen LogP contribution is 2.29. The van der Waals surface area contributed by atoms with Gasteiger partial charge in [0.15, 0.2) is 0 Å². The van der Waals surface area contributed by atoms with Gasteiger partial charge in [-0.1, -0.05) is 39.0 Å². The van der Waals surface area contributed by atoms with Gasteiger partial charge < -0.3 is 10.2 Å². The number of nitrogens with zero attached hydrogens (tertiary/aromatic N) is 1. The lowest BCUT2D eigenvalue weighted by Crippen LogP contribution is -2.30. The molecule has 0 fully saturated rings. The van der Waals surface area contributed by atoms with Crippen LogP contribution in [0.3, 0.4) is 0 Å². The summed E-state index contributed by atoms with van der Waals surface area (Å²) in [6.45, 7) is 9.95. The van der Waals surface area contributed by atoms with Gasteiger partial charge >= 0.3 is 0 Å². The van der Waals surface area contributed by atoms with E-state index < -0.39 is 0 Å². The molecule has 0 saturated carbocycles. The standard InChI is InChI=1S/C16H28N2/c1-6-13(4)18(5)16-12-10-9-11-14(16)15(7-2)17-8-3/h9-13,15,17H,6-8H2,1-5H3. The predicted molar refractivity (Wildman–Crippen MR) is 81.3 cm³/mol. The first kappa shape index (κ1) is 15.0. The molecular weight excluding hydrogens is 220 g/mol. The second-order valence-electron chi connectivity index (χ2n) is 4.95. The number of hydrogen-bond donors (Lipinski definition) is 1. The lowest BCUT2D eigenvalue weighted by atomic mass is 10.0. The monoisotopic (exact) mass is 248 g/mol. The van der Waals surface area contributed by atoms with Gasteiger partial charge in [-0.15, -0.1) is 0 Å². The Labute approximate surface area is 112 Å². The molecule has 102 valence electrons. The molecule has 0 radical (unpaired) electrons. The Kier molecular flexibility index (Phi) is 6.20. The molecule has 18 heavy (non-hydrogen) atoms. The normalized spacial score (nSPS) is 14.3. The first-order valence-corrected chi connectivity index (χ1v) is 7.20. The van der Waals surface area contributed by atoms with Crippen molar-refractivity contribution < 1.29 is 0 Å². The van der Waals surface area contributed by atoms with Crippen molar-refractivity contribution in [1.29, 1.82) is 0 Å². The molecule has 0 amide bonds. The summed E-state index contributed by atoms with van der Waals surface area (Å²) in [4.78, 5) is 2.40. The first-order valence-electron chi connectivity index (χ1n) is 7.20. The molecule has 2 atom stereocenters. The minimum absolute atomic E-state index is 0.456. The molecule has 1 aromatic carbocycles. The summed E-state index contributed by atoms with van der Waals surface area (Å²) in [5, 5.41) is 3.57. The number of rotatable bonds is 7. The van der Waals surface area contributed by atoms with Crippen LogP contribution in [0.5, 0.6) is 0 Å². The van der Waals surface area contributed by atoms with Gasteiger partial charge in [0.1, 0.15) is 0 Å². The number of hydrogen-bond acceptors (Lipinski definition) is 2. The van der Waals surface area contributed by atoms with Gasteiger partial charge in [0.25, 0.3) is 0 Å². The largest absolute Gasteiger partial charge is 0.372 e. The molecule has 0 saturated heterocycles. The van der Waals surface area contributed by atoms with Crippen LogP contribution in [0, 0.1) is 0 Å². The van der Waals surface area contributed by atoms with Crippen molar-refractivity contribution in [3.8, 4) is 0 Å². The molecule has 2 unspecified atom stereocenters. The van der Waals surface area contributed by atoms with Gasteiger partial charge in [0.2, 0.25) is 0 Å². The van der Waals surface area contributed by atoms with E-state index in [-0.39, 0.29) is 0 Å². The van der Waals surface area contributed by atoms with Gasteiger partial charge in [-0.05, 0) is 37.9 Å². The topological polar surface area (TPSA) is 15.3 Å². The van der Waals surface area contributed by atoms with Crippen molar-refractivity contribution in [1.82, 2.24) is 5.32 Å². The molecule has 0 aliphatic heterocycles. The average Bonchev–Trinajstić information content (AvgIpc) is 2.43. The van der Waals surface area contributed by atoms with Crippen LogP contribution < -0.4 is 10.2 Å². The fourth-order valence-electron chi connectivity index (χ4n) is 2.34. The van der Waals surface area contributed by atoms with Crippen LogP contribution in [-0.4, -0.2) is 19.6 Å². The zero-order chi connectivity index (χ0) is 13.5. The molecule has 0 aromatic heterocycles. The average molecular weight is 248 g/mol. The molecule has 2 heteroatoms. The van der Waals surface area contributed by atoms with E-state index in [1.807, 2.05) is 0 Å². The van der Waals surface area contributed by atoms with Crippen LogP contribution in [0.15, 0.2) is 24.3 Å². The fourth-order valence-corrected chi connectivity index (χ4v) is 2.34. The minimum Gasteiger partial charge on any atom is -0.372 e. The molecule has 2 nitrogen and oxygen atoms in total. The Bertz CT molecular complexity index is 328. The quantitative estimate of drug-likeness (QED) is 0.785. The van der Waals surface area contributed by atoms with Crippen LogP contribution in [0.4, 0.5) is 5.69 Å². The van der Waals surface area contributed by atoms with E-state index in [1.165, 1.54) is 17.7 Å². The summed E-state index contributed by atoms with van der Waals surface area (Å²) in [5.74, 6) is 0. The lowest BCUT2D eigenvalue weighted by molar-refractivity contribution is 0.534. The molecule has 0 heterocycles. The van der Waals surface area contributed by atoms with Crippen LogP contribution in [0.1, 0.15) is 52.1 Å². The first-order chi connectivity index (χ1) is 8.65. The molecule has 1 aromatic rings. The van der Waals surface area contributed by atoms with Gasteiger partial charge in [0, 0.05) is 24.8 Å². The van der Waals surface area contributed by atoms with Gasteiger partial charge in [-0.3, -0.25) is 0 Å². The maximum atomic E-state index is 3.57. The molecule has 0 bridgehead atoms. The Hall–Kier alpha value is -1.02. The summed E-state index contributed by atoms with van der Waals surface area (Å²) < 4.78 is 0. The van der Waals surface area contributed by atoms with Crippen LogP contribution >= 0.6 is 0 Å². The van der Waals surface area contributed by atoms with E-state index in [2.05, 4.69) is 69.2 Å². The van der Waals surface area contributed by atoms with E-state index in [9.17, 15) is 0 Å². The van der Waals surface area contributed by atoms with Gasteiger partial charge in [-0.2, -0.15) is 0 Å². The Morgan fingerprint density at radius 3 is 2.33 bits per heavy atom. The van der Waals surface area contributed by atoms with Crippen molar-refractivity contribution in [2.24, 2.45) is 0 Å². The highest BCUT2D eigenvalue weighted by molar-refractivity contribution is 5.55. The van der Waals surface area contributed by atoms with Crippen LogP contribution in [-0.2, 0) is 0 Å². The van der Waals surface area contributed by atoms with Gasteiger partial charge in [0.05, 0.1) is 0 Å². The third-order valence-corrected chi connectivity index (χ3v) is 3.80. The van der Waals surface area contributed by atoms with Crippen molar-refractivity contribution in [2.75, 3.05) is 18.5 Å². The number of para-hydroxylation sites is 1. The molecule has 0 aliphatic carbocycles. The summed E-state index contributed by atoms with van der Waals surface area (Å²) in [5.41, 5.74) is 2.78. The fraction of sp³-hybridized carbons (Fsp3) is 0.625. The summed E-state index contributed by atoms with van der Waals surface area (Å²) in [6, 6.07) is 9.80. The van der Waals surface area contributed by atoms with Crippen molar-refractivity contribution in [3.05, 3.63) is 29.8 Å². The van der Waals surface area contributed by atoms with Gasteiger partial charge in [-0.25, -0.2) is 0 Å². The molecule has 1 N–H and O–H groups in total. The summed E-state index contributed by atoms with van der Waals surface area (Å²) >= 11 is 0. The SMILES string of the molecule is CCNC(CC)c1ccccc1N(C)C(C)CC. The highest BCUT2D eigenvalue weighted by Gasteiger charge is 2.16. The lowest BCUT2D eigenvalue weighted by Gasteiger charge is -2.30. The van der Waals surface area contributed by atoms with Crippen molar-refractivity contribution in [3.63, 3.8) is 0 Å². The third-order valence-electron chi connectivity index (χ3n) is 3.80. The maximum Gasteiger partial charge on any atom is 0.0414 e. The van der Waals surface area contributed by atoms with E-state index in [0.29, 0.717) is 12.1 Å². The van der Waals surface area contributed by atoms with Crippen molar-refractivity contribution >= 4 is 5.69 Å². The smallest absolute Gasteiger partial charge is 0.0414 e. The molecule has 0 spiro atoms. The molecule has 0 aliphatic rings. The molecule has 1 rings (SSSR count). The number of nitrogens with one attached hydrogen (secondary N) is 1. The summed E-state index contributed by atoms with van der Waals surface area (Å²) in [7, 11) is 2.20. The van der Waals surface area contributed by atoms with E-state index in [4.69, 9.17) is 0 Å². The van der Waals surface area contributed by atoms with Crippen LogP contribution in [0.2, 0.25) is 0 Å². The Morgan fingerprint density at radius 1 is 1.11 bits per heavy atom. The second kappa shape index (κ2) is 7.42. The summed E-state index contributed by atoms with van der Waals surface area (Å²) in [6.07, 6.45) is 2.29. The van der Waals surface area contributed by atoms with E-state index in [0.717, 1.165) is 13.0 Å². The van der Waals surface area contributed by atoms with E-state index in [1.54, 1.807) is 0 Å². The maximum absolute atomic E-state index is 3.57. The second-order valence-corrected chi connectivity index (χ2v) is 4.95. The third kappa shape index (κ3) is 3.49. The molecular formula is C16H28N2. The predicted octanol–water partition coefficient (Wildman–Crippen LogP) is 3.98. The Morgan fingerprint density at radius 2 is 1.78 bits per heavy atom. The zero-order valence-electron chi connectivity index (χ0n) is 12.5. The number of anilines is 1.